The first-order valence-corrected chi connectivity index (χ1v) is 13.6. The number of nitrogen functional groups attached to an aromatic ring is 1. The molecule has 5 aromatic carbocycles. The normalized spacial score (nSPS) is 16.2. The SMILES string of the molecule is Nc1cccc2c1ccc1c3c(ccc12)C(C(CCCCc1ccccc1)c1ccccc1)CCC3. The molecule has 1 aliphatic rings. The minimum atomic E-state index is 0.564. The third-order valence-electron chi connectivity index (χ3n) is 8.37. The molecule has 0 spiro atoms. The number of rotatable bonds is 7. The monoisotopic (exact) mass is 469 g/mol. The summed E-state index contributed by atoms with van der Waals surface area (Å²) in [7, 11) is 0. The summed E-state index contributed by atoms with van der Waals surface area (Å²) in [4.78, 5) is 0. The Kier molecular flexibility index (Phi) is 6.47. The largest absolute Gasteiger partial charge is 0.398 e. The molecule has 0 aliphatic heterocycles. The number of unbranched alkanes of at least 4 members (excludes halogenated alkanes) is 1. The number of fused-ring (bicyclic) bond motifs is 5. The molecule has 0 aromatic heterocycles. The van der Waals surface area contributed by atoms with Gasteiger partial charge in [0.15, 0.2) is 0 Å². The first-order valence-electron chi connectivity index (χ1n) is 13.6. The van der Waals surface area contributed by atoms with Gasteiger partial charge in [0.2, 0.25) is 0 Å². The van der Waals surface area contributed by atoms with Crippen LogP contribution in [-0.2, 0) is 12.8 Å². The van der Waals surface area contributed by atoms with Crippen LogP contribution in [0, 0.1) is 0 Å². The van der Waals surface area contributed by atoms with Crippen LogP contribution in [-0.4, -0.2) is 0 Å². The highest BCUT2D eigenvalue weighted by atomic mass is 14.5. The van der Waals surface area contributed by atoms with Crippen molar-refractivity contribution < 1.29 is 0 Å². The number of hydrogen-bond acceptors (Lipinski definition) is 1. The molecule has 1 heteroatoms. The number of anilines is 1. The summed E-state index contributed by atoms with van der Waals surface area (Å²) in [6.45, 7) is 0. The van der Waals surface area contributed by atoms with Crippen molar-refractivity contribution in [3.05, 3.63) is 125 Å². The van der Waals surface area contributed by atoms with E-state index in [2.05, 4.69) is 97.1 Å². The maximum Gasteiger partial charge on any atom is 0.0393 e. The van der Waals surface area contributed by atoms with Crippen LogP contribution in [0.2, 0.25) is 0 Å². The van der Waals surface area contributed by atoms with Gasteiger partial charge in [-0.1, -0.05) is 103 Å². The smallest absolute Gasteiger partial charge is 0.0393 e. The fraction of sp³-hybridized carbons (Fsp3) is 0.257. The van der Waals surface area contributed by atoms with E-state index in [4.69, 9.17) is 5.73 Å². The van der Waals surface area contributed by atoms with E-state index >= 15 is 0 Å². The second-order valence-corrected chi connectivity index (χ2v) is 10.5. The zero-order valence-corrected chi connectivity index (χ0v) is 21.0. The minimum absolute atomic E-state index is 0.564. The lowest BCUT2D eigenvalue weighted by Crippen LogP contribution is -2.18. The fourth-order valence-corrected chi connectivity index (χ4v) is 6.61. The molecule has 0 saturated heterocycles. The molecule has 36 heavy (non-hydrogen) atoms. The molecule has 5 aromatic rings. The van der Waals surface area contributed by atoms with Gasteiger partial charge in [-0.2, -0.15) is 0 Å². The van der Waals surface area contributed by atoms with E-state index in [1.165, 1.54) is 72.2 Å². The molecule has 0 heterocycles. The quantitative estimate of drug-likeness (QED) is 0.143. The highest BCUT2D eigenvalue weighted by molar-refractivity contribution is 6.12. The Morgan fingerprint density at radius 3 is 2.22 bits per heavy atom. The maximum absolute atomic E-state index is 6.31. The van der Waals surface area contributed by atoms with Gasteiger partial charge in [-0.25, -0.2) is 0 Å². The van der Waals surface area contributed by atoms with Crippen LogP contribution in [0.1, 0.15) is 66.2 Å². The van der Waals surface area contributed by atoms with E-state index in [-0.39, 0.29) is 0 Å². The lowest BCUT2D eigenvalue weighted by Gasteiger charge is -2.34. The van der Waals surface area contributed by atoms with Crippen molar-refractivity contribution in [2.24, 2.45) is 0 Å². The van der Waals surface area contributed by atoms with Crippen LogP contribution in [0.25, 0.3) is 21.5 Å². The van der Waals surface area contributed by atoms with Gasteiger partial charge in [-0.05, 0) is 94.8 Å². The van der Waals surface area contributed by atoms with Crippen LogP contribution in [0.15, 0.2) is 103 Å². The Balaban J connectivity index is 1.33. The second kappa shape index (κ2) is 10.2. The molecule has 0 fully saturated rings. The Bertz CT molecular complexity index is 1470. The van der Waals surface area contributed by atoms with E-state index in [9.17, 15) is 0 Å². The van der Waals surface area contributed by atoms with Gasteiger partial charge in [0, 0.05) is 11.1 Å². The molecule has 2 N–H and O–H groups in total. The standard InChI is InChI=1S/C35H35N/c36-35-20-10-19-30-33-22-21-31-28(17-9-18-29(31)32(33)23-24-34(30)35)27(26-14-5-2-6-15-26)16-8-7-13-25-11-3-1-4-12-25/h1-6,10-12,14-15,19-24,27-28H,7-9,13,16-18,36H2. The molecular weight excluding hydrogens is 434 g/mol. The Hall–Kier alpha value is -3.58. The fourth-order valence-electron chi connectivity index (χ4n) is 6.61. The average molecular weight is 470 g/mol. The molecular formula is C35H35N. The topological polar surface area (TPSA) is 26.0 Å². The highest BCUT2D eigenvalue weighted by Crippen LogP contribution is 2.46. The second-order valence-electron chi connectivity index (χ2n) is 10.5. The first kappa shape index (κ1) is 22.9. The number of hydrogen-bond donors (Lipinski definition) is 1. The summed E-state index contributed by atoms with van der Waals surface area (Å²) < 4.78 is 0. The molecule has 0 bridgehead atoms. The van der Waals surface area contributed by atoms with Crippen molar-refractivity contribution in [1.29, 1.82) is 0 Å². The molecule has 1 aliphatic carbocycles. The summed E-state index contributed by atoms with van der Waals surface area (Å²) >= 11 is 0. The van der Waals surface area contributed by atoms with Crippen molar-refractivity contribution in [1.82, 2.24) is 0 Å². The number of nitrogens with two attached hydrogens (primary N) is 1. The third kappa shape index (κ3) is 4.39. The first-order chi connectivity index (χ1) is 17.8. The van der Waals surface area contributed by atoms with Gasteiger partial charge in [0.05, 0.1) is 0 Å². The van der Waals surface area contributed by atoms with E-state index in [0.717, 1.165) is 11.1 Å². The molecule has 0 amide bonds. The minimum Gasteiger partial charge on any atom is -0.398 e. The van der Waals surface area contributed by atoms with E-state index in [0.29, 0.717) is 11.8 Å². The summed E-state index contributed by atoms with van der Waals surface area (Å²) in [5.41, 5.74) is 13.3. The maximum atomic E-state index is 6.31. The molecule has 0 radical (unpaired) electrons. The van der Waals surface area contributed by atoms with Crippen molar-refractivity contribution in [2.75, 3.05) is 5.73 Å². The molecule has 1 nitrogen and oxygen atoms in total. The Morgan fingerprint density at radius 2 is 1.39 bits per heavy atom. The Morgan fingerprint density at radius 1 is 0.667 bits per heavy atom. The van der Waals surface area contributed by atoms with Gasteiger partial charge in [-0.15, -0.1) is 0 Å². The van der Waals surface area contributed by atoms with Crippen molar-refractivity contribution >= 4 is 27.2 Å². The van der Waals surface area contributed by atoms with E-state index in [1.54, 1.807) is 11.1 Å². The summed E-state index contributed by atoms with van der Waals surface area (Å²) in [5, 5.41) is 5.21. The van der Waals surface area contributed by atoms with Crippen molar-refractivity contribution in [3.63, 3.8) is 0 Å². The van der Waals surface area contributed by atoms with Gasteiger partial charge in [0.1, 0.15) is 0 Å². The van der Waals surface area contributed by atoms with Crippen molar-refractivity contribution in [3.8, 4) is 0 Å². The number of aryl methyl sites for hydroxylation is 2. The predicted octanol–water partition coefficient (Wildman–Crippen LogP) is 9.19. The van der Waals surface area contributed by atoms with E-state index < -0.39 is 0 Å². The molecule has 2 unspecified atom stereocenters. The molecule has 2 atom stereocenters. The Labute approximate surface area is 215 Å². The lowest BCUT2D eigenvalue weighted by molar-refractivity contribution is 0.432. The van der Waals surface area contributed by atoms with Gasteiger partial charge in [0.25, 0.3) is 0 Å². The van der Waals surface area contributed by atoms with Crippen LogP contribution < -0.4 is 5.73 Å². The third-order valence-corrected chi connectivity index (χ3v) is 8.37. The van der Waals surface area contributed by atoms with Gasteiger partial charge in [-0.3, -0.25) is 0 Å². The molecule has 180 valence electrons. The zero-order valence-electron chi connectivity index (χ0n) is 21.0. The van der Waals surface area contributed by atoms with Crippen LogP contribution in [0.3, 0.4) is 0 Å². The van der Waals surface area contributed by atoms with Crippen molar-refractivity contribution in [2.45, 2.75) is 56.8 Å². The van der Waals surface area contributed by atoms with Gasteiger partial charge >= 0.3 is 0 Å². The summed E-state index contributed by atoms with van der Waals surface area (Å²) in [6.07, 6.45) is 8.64. The molecule has 0 saturated carbocycles. The molecule has 6 rings (SSSR count). The lowest BCUT2D eigenvalue weighted by atomic mass is 9.70. The van der Waals surface area contributed by atoms with Gasteiger partial charge < -0.3 is 5.73 Å². The van der Waals surface area contributed by atoms with Crippen LogP contribution in [0.4, 0.5) is 5.69 Å². The van der Waals surface area contributed by atoms with Crippen LogP contribution >= 0.6 is 0 Å². The number of benzene rings is 5. The predicted molar refractivity (Wildman–Crippen MR) is 155 cm³/mol. The zero-order chi connectivity index (χ0) is 24.3. The van der Waals surface area contributed by atoms with E-state index in [1.807, 2.05) is 6.07 Å². The summed E-state index contributed by atoms with van der Waals surface area (Å²) in [5.74, 6) is 1.14. The van der Waals surface area contributed by atoms with Crippen LogP contribution in [0.5, 0.6) is 0 Å². The average Bonchev–Trinajstić information content (AvgIpc) is 2.94. The summed E-state index contributed by atoms with van der Waals surface area (Å²) in [6, 6.07) is 37.9. The highest BCUT2D eigenvalue weighted by Gasteiger charge is 2.29.